The first-order valence-electron chi connectivity index (χ1n) is 3.35. The van der Waals surface area contributed by atoms with E-state index in [9.17, 15) is 13.2 Å². The number of nitrogens with two attached hydrogens (primary N) is 1. The van der Waals surface area contributed by atoms with Crippen molar-refractivity contribution in [3.05, 3.63) is 22.4 Å². The van der Waals surface area contributed by atoms with Gasteiger partial charge in [-0.05, 0) is 11.4 Å². The van der Waals surface area contributed by atoms with E-state index < -0.39 is 18.6 Å². The minimum Gasteiger partial charge on any atom is -0.323 e. The second kappa shape index (κ2) is 3.45. The molecule has 1 unspecified atom stereocenters. The van der Waals surface area contributed by atoms with E-state index in [0.29, 0.717) is 4.88 Å². The van der Waals surface area contributed by atoms with Crippen LogP contribution in [0.15, 0.2) is 17.5 Å². The van der Waals surface area contributed by atoms with Crippen LogP contribution < -0.4 is 5.73 Å². The van der Waals surface area contributed by atoms with Crippen molar-refractivity contribution in [1.82, 2.24) is 0 Å². The summed E-state index contributed by atoms with van der Waals surface area (Å²) < 4.78 is 35.5. The molecule has 0 saturated heterocycles. The van der Waals surface area contributed by atoms with Crippen LogP contribution in [0, 0.1) is 0 Å². The summed E-state index contributed by atoms with van der Waals surface area (Å²) in [5.74, 6) is 0. The van der Waals surface area contributed by atoms with Gasteiger partial charge in [-0.25, -0.2) is 0 Å². The fraction of sp³-hybridized carbons (Fsp3) is 0.429. The Morgan fingerprint density at radius 2 is 2.17 bits per heavy atom. The summed E-state index contributed by atoms with van der Waals surface area (Å²) in [4.78, 5) is 0.576. The van der Waals surface area contributed by atoms with Gasteiger partial charge >= 0.3 is 6.18 Å². The van der Waals surface area contributed by atoms with E-state index in [-0.39, 0.29) is 0 Å². The second-order valence-electron chi connectivity index (χ2n) is 2.44. The minimum atomic E-state index is -4.18. The Balaban J connectivity index is 2.56. The molecule has 1 aromatic rings. The van der Waals surface area contributed by atoms with Crippen molar-refractivity contribution in [2.45, 2.75) is 18.6 Å². The lowest BCUT2D eigenvalue weighted by Gasteiger charge is -2.11. The maximum Gasteiger partial charge on any atom is 0.390 e. The van der Waals surface area contributed by atoms with E-state index in [1.165, 1.54) is 11.3 Å². The lowest BCUT2D eigenvalue weighted by molar-refractivity contribution is -0.138. The van der Waals surface area contributed by atoms with E-state index in [4.69, 9.17) is 5.73 Å². The molecule has 0 bridgehead atoms. The van der Waals surface area contributed by atoms with Gasteiger partial charge in [-0.2, -0.15) is 13.2 Å². The molecule has 0 amide bonds. The molecule has 0 radical (unpaired) electrons. The maximum atomic E-state index is 11.8. The Kier molecular flexibility index (Phi) is 2.74. The molecule has 0 saturated carbocycles. The molecule has 0 spiro atoms. The van der Waals surface area contributed by atoms with Gasteiger partial charge in [-0.3, -0.25) is 0 Å². The van der Waals surface area contributed by atoms with Crippen molar-refractivity contribution in [1.29, 1.82) is 0 Å². The van der Waals surface area contributed by atoms with E-state index in [1.807, 2.05) is 0 Å². The third kappa shape index (κ3) is 2.83. The average molecular weight is 195 g/mol. The van der Waals surface area contributed by atoms with Crippen LogP contribution in [-0.2, 0) is 0 Å². The zero-order chi connectivity index (χ0) is 9.19. The van der Waals surface area contributed by atoms with Gasteiger partial charge in [-0.1, -0.05) is 6.07 Å². The van der Waals surface area contributed by atoms with E-state index in [2.05, 4.69) is 0 Å². The minimum absolute atomic E-state index is 0.576. The molecule has 0 aliphatic rings. The third-order valence-electron chi connectivity index (χ3n) is 1.36. The van der Waals surface area contributed by atoms with Gasteiger partial charge < -0.3 is 5.73 Å². The van der Waals surface area contributed by atoms with Gasteiger partial charge in [0.25, 0.3) is 0 Å². The Hall–Kier alpha value is -0.550. The van der Waals surface area contributed by atoms with Crippen molar-refractivity contribution in [2.75, 3.05) is 0 Å². The van der Waals surface area contributed by atoms with Gasteiger partial charge in [0.15, 0.2) is 0 Å². The molecule has 0 fully saturated rings. The van der Waals surface area contributed by atoms with E-state index in [1.54, 1.807) is 17.5 Å². The fourth-order valence-electron chi connectivity index (χ4n) is 0.852. The topological polar surface area (TPSA) is 26.0 Å². The highest BCUT2D eigenvalue weighted by Crippen LogP contribution is 2.29. The molecule has 2 N–H and O–H groups in total. The fourth-order valence-corrected chi connectivity index (χ4v) is 1.58. The molecule has 1 heterocycles. The van der Waals surface area contributed by atoms with Crippen molar-refractivity contribution in [2.24, 2.45) is 5.73 Å². The van der Waals surface area contributed by atoms with Crippen LogP contribution in [0.25, 0.3) is 0 Å². The number of rotatable bonds is 2. The number of hydrogen-bond donors (Lipinski definition) is 1. The standard InChI is InChI=1S/C7H8F3NS/c8-7(9,10)4-5(11)6-2-1-3-12-6/h1-3,5H,4,11H2. The van der Waals surface area contributed by atoms with Gasteiger partial charge in [0, 0.05) is 10.9 Å². The first-order valence-corrected chi connectivity index (χ1v) is 4.23. The molecular formula is C7H8F3NS. The normalized spacial score (nSPS) is 14.7. The number of thiophene rings is 1. The predicted octanol–water partition coefficient (Wildman–Crippen LogP) is 2.70. The molecule has 5 heteroatoms. The Morgan fingerprint density at radius 1 is 1.50 bits per heavy atom. The van der Waals surface area contributed by atoms with E-state index >= 15 is 0 Å². The van der Waals surface area contributed by atoms with Crippen molar-refractivity contribution < 1.29 is 13.2 Å². The average Bonchev–Trinajstić information content (AvgIpc) is 2.32. The molecule has 12 heavy (non-hydrogen) atoms. The van der Waals surface area contributed by atoms with Crippen LogP contribution in [0.3, 0.4) is 0 Å². The van der Waals surface area contributed by atoms with Crippen LogP contribution in [-0.4, -0.2) is 6.18 Å². The molecule has 1 rings (SSSR count). The summed E-state index contributed by atoms with van der Waals surface area (Å²) in [6.45, 7) is 0. The third-order valence-corrected chi connectivity index (χ3v) is 2.36. The Bertz CT molecular complexity index is 229. The zero-order valence-electron chi connectivity index (χ0n) is 6.14. The largest absolute Gasteiger partial charge is 0.390 e. The monoisotopic (exact) mass is 195 g/mol. The summed E-state index contributed by atoms with van der Waals surface area (Å²) in [7, 11) is 0. The lowest BCUT2D eigenvalue weighted by Crippen LogP contribution is -2.19. The van der Waals surface area contributed by atoms with Crippen LogP contribution in [0.5, 0.6) is 0 Å². The van der Waals surface area contributed by atoms with Gasteiger partial charge in [-0.15, -0.1) is 11.3 Å². The SMILES string of the molecule is NC(CC(F)(F)F)c1cccs1. The van der Waals surface area contributed by atoms with Crippen LogP contribution in [0.1, 0.15) is 17.3 Å². The molecule has 1 aromatic heterocycles. The van der Waals surface area contributed by atoms with Crippen LogP contribution >= 0.6 is 11.3 Å². The highest BCUT2D eigenvalue weighted by Gasteiger charge is 2.31. The number of alkyl halides is 3. The molecule has 68 valence electrons. The van der Waals surface area contributed by atoms with Gasteiger partial charge in [0.05, 0.1) is 6.42 Å². The summed E-state index contributed by atoms with van der Waals surface area (Å²) in [6, 6.07) is 2.39. The molecular weight excluding hydrogens is 187 g/mol. The number of halogens is 3. The molecule has 1 nitrogen and oxygen atoms in total. The van der Waals surface area contributed by atoms with E-state index in [0.717, 1.165) is 0 Å². The van der Waals surface area contributed by atoms with Gasteiger partial charge in [0.1, 0.15) is 0 Å². The van der Waals surface area contributed by atoms with Gasteiger partial charge in [0.2, 0.25) is 0 Å². The molecule has 0 aliphatic heterocycles. The summed E-state index contributed by atoms with van der Waals surface area (Å²) >= 11 is 1.25. The lowest BCUT2D eigenvalue weighted by atomic mass is 10.2. The van der Waals surface area contributed by atoms with Crippen molar-refractivity contribution in [3.8, 4) is 0 Å². The first-order chi connectivity index (χ1) is 5.49. The summed E-state index contributed by atoms with van der Waals surface area (Å²) in [6.07, 6.45) is -5.13. The summed E-state index contributed by atoms with van der Waals surface area (Å²) in [5, 5.41) is 1.71. The second-order valence-corrected chi connectivity index (χ2v) is 3.42. The molecule has 0 aliphatic carbocycles. The Labute approximate surface area is 72.0 Å². The maximum absolute atomic E-state index is 11.8. The van der Waals surface area contributed by atoms with Crippen molar-refractivity contribution >= 4 is 11.3 Å². The van der Waals surface area contributed by atoms with Crippen molar-refractivity contribution in [3.63, 3.8) is 0 Å². The quantitative estimate of drug-likeness (QED) is 0.771. The highest BCUT2D eigenvalue weighted by molar-refractivity contribution is 7.10. The summed E-state index contributed by atoms with van der Waals surface area (Å²) in [5.41, 5.74) is 5.32. The van der Waals surface area contributed by atoms with Crippen LogP contribution in [0.4, 0.5) is 13.2 Å². The van der Waals surface area contributed by atoms with Crippen LogP contribution in [0.2, 0.25) is 0 Å². The Morgan fingerprint density at radius 3 is 2.58 bits per heavy atom. The predicted molar refractivity (Wildman–Crippen MR) is 41.9 cm³/mol. The highest BCUT2D eigenvalue weighted by atomic mass is 32.1. The zero-order valence-corrected chi connectivity index (χ0v) is 6.95. The number of hydrogen-bond acceptors (Lipinski definition) is 2. The first kappa shape index (κ1) is 9.54. The molecule has 1 atom stereocenters. The molecule has 0 aromatic carbocycles. The smallest absolute Gasteiger partial charge is 0.323 e.